The first-order valence-electron chi connectivity index (χ1n) is 8.91. The summed E-state index contributed by atoms with van der Waals surface area (Å²) in [7, 11) is 1.63. The van der Waals surface area contributed by atoms with E-state index < -0.39 is 0 Å². The molecule has 0 bridgehead atoms. The molecule has 28 heavy (non-hydrogen) atoms. The van der Waals surface area contributed by atoms with Gasteiger partial charge in [-0.15, -0.1) is 0 Å². The quantitative estimate of drug-likeness (QED) is 0.435. The van der Waals surface area contributed by atoms with Crippen LogP contribution in [0.4, 0.5) is 5.69 Å². The zero-order valence-corrected chi connectivity index (χ0v) is 17.2. The van der Waals surface area contributed by atoms with Gasteiger partial charge in [-0.05, 0) is 48.9 Å². The zero-order chi connectivity index (χ0) is 20.1. The number of benzene rings is 3. The van der Waals surface area contributed by atoms with Crippen molar-refractivity contribution in [3.63, 3.8) is 0 Å². The van der Waals surface area contributed by atoms with Crippen molar-refractivity contribution >= 4 is 34.7 Å². The van der Waals surface area contributed by atoms with E-state index in [-0.39, 0.29) is 18.2 Å². The van der Waals surface area contributed by atoms with E-state index in [9.17, 15) is 4.79 Å². The van der Waals surface area contributed by atoms with E-state index in [1.165, 1.54) is 0 Å². The number of methoxy groups -OCH3 is 1. The van der Waals surface area contributed by atoms with Crippen molar-refractivity contribution < 1.29 is 9.53 Å². The number of hydrogen-bond donors (Lipinski definition) is 1. The zero-order valence-electron chi connectivity index (χ0n) is 15.7. The molecule has 1 N–H and O–H groups in total. The minimum absolute atomic E-state index is 0.0529. The fraction of sp³-hybridized carbons (Fsp3) is 0.174. The second-order valence-electron chi connectivity index (χ2n) is 6.59. The summed E-state index contributed by atoms with van der Waals surface area (Å²) in [5, 5.41) is 4.37. The third-order valence-corrected chi connectivity index (χ3v) is 5.28. The van der Waals surface area contributed by atoms with E-state index in [4.69, 9.17) is 27.9 Å². The third kappa shape index (κ3) is 5.06. The van der Waals surface area contributed by atoms with Gasteiger partial charge in [0, 0.05) is 17.7 Å². The molecule has 3 aromatic rings. The number of carbonyl (C=O) groups excluding carboxylic acids is 1. The predicted molar refractivity (Wildman–Crippen MR) is 116 cm³/mol. The SMILES string of the molecule is COc1ccc(NC(CC(=O)c2ccc(C)cc2)c2ccc(Cl)c(Cl)c2)cc1. The lowest BCUT2D eigenvalue weighted by Crippen LogP contribution is -2.16. The van der Waals surface area contributed by atoms with Crippen LogP contribution in [0.2, 0.25) is 10.0 Å². The second-order valence-corrected chi connectivity index (χ2v) is 7.41. The Hall–Kier alpha value is -2.49. The van der Waals surface area contributed by atoms with Crippen LogP contribution in [0.15, 0.2) is 66.7 Å². The van der Waals surface area contributed by atoms with E-state index in [2.05, 4.69) is 5.32 Å². The van der Waals surface area contributed by atoms with Crippen molar-refractivity contribution in [2.75, 3.05) is 12.4 Å². The summed E-state index contributed by atoms with van der Waals surface area (Å²) in [5.41, 5.74) is 3.58. The van der Waals surface area contributed by atoms with Crippen LogP contribution < -0.4 is 10.1 Å². The fourth-order valence-electron chi connectivity index (χ4n) is 2.91. The van der Waals surface area contributed by atoms with Crippen LogP contribution in [0.25, 0.3) is 0 Å². The number of anilines is 1. The molecule has 0 saturated carbocycles. The molecule has 0 aliphatic carbocycles. The Balaban J connectivity index is 1.87. The minimum Gasteiger partial charge on any atom is -0.497 e. The second kappa shape index (κ2) is 9.13. The summed E-state index contributed by atoms with van der Waals surface area (Å²) in [6, 6.07) is 20.4. The number of hydrogen-bond acceptors (Lipinski definition) is 3. The Morgan fingerprint density at radius 3 is 2.25 bits per heavy atom. The van der Waals surface area contributed by atoms with Crippen LogP contribution in [-0.4, -0.2) is 12.9 Å². The molecule has 0 saturated heterocycles. The van der Waals surface area contributed by atoms with Crippen molar-refractivity contribution in [3.05, 3.63) is 93.5 Å². The Kier molecular flexibility index (Phi) is 6.61. The topological polar surface area (TPSA) is 38.3 Å². The van der Waals surface area contributed by atoms with Crippen molar-refractivity contribution in [2.24, 2.45) is 0 Å². The number of ketones is 1. The van der Waals surface area contributed by atoms with Gasteiger partial charge in [-0.1, -0.05) is 59.1 Å². The number of rotatable bonds is 7. The maximum atomic E-state index is 12.9. The molecule has 3 rings (SSSR count). The molecule has 5 heteroatoms. The van der Waals surface area contributed by atoms with Crippen LogP contribution in [0, 0.1) is 6.92 Å². The van der Waals surface area contributed by atoms with Gasteiger partial charge in [0.1, 0.15) is 5.75 Å². The molecule has 0 radical (unpaired) electrons. The van der Waals surface area contributed by atoms with Crippen LogP contribution in [0.1, 0.15) is 33.9 Å². The van der Waals surface area contributed by atoms with Gasteiger partial charge in [-0.25, -0.2) is 0 Å². The van der Waals surface area contributed by atoms with Crippen molar-refractivity contribution in [2.45, 2.75) is 19.4 Å². The van der Waals surface area contributed by atoms with Gasteiger partial charge in [0.15, 0.2) is 5.78 Å². The van der Waals surface area contributed by atoms with Gasteiger partial charge < -0.3 is 10.1 Å². The van der Waals surface area contributed by atoms with Gasteiger partial charge in [-0.3, -0.25) is 4.79 Å². The van der Waals surface area contributed by atoms with Gasteiger partial charge in [0.05, 0.1) is 23.2 Å². The van der Waals surface area contributed by atoms with Gasteiger partial charge in [-0.2, -0.15) is 0 Å². The summed E-state index contributed by atoms with van der Waals surface area (Å²) < 4.78 is 5.21. The number of Topliss-reactive ketones (excluding diaryl/α,β-unsaturated/α-hetero) is 1. The van der Waals surface area contributed by atoms with Gasteiger partial charge in [0.2, 0.25) is 0 Å². The van der Waals surface area contributed by atoms with E-state index in [0.717, 1.165) is 22.6 Å². The molecule has 0 amide bonds. The van der Waals surface area contributed by atoms with Gasteiger partial charge in [0.25, 0.3) is 0 Å². The lowest BCUT2D eigenvalue weighted by Gasteiger charge is -2.21. The highest BCUT2D eigenvalue weighted by Crippen LogP contribution is 2.30. The van der Waals surface area contributed by atoms with Crippen LogP contribution in [-0.2, 0) is 0 Å². The molecular formula is C23H21Cl2NO2. The van der Waals surface area contributed by atoms with Crippen LogP contribution in [0.5, 0.6) is 5.75 Å². The summed E-state index contributed by atoms with van der Waals surface area (Å²) in [5.74, 6) is 0.824. The van der Waals surface area contributed by atoms with Crippen molar-refractivity contribution in [1.82, 2.24) is 0 Å². The molecule has 3 nitrogen and oxygen atoms in total. The molecule has 3 aromatic carbocycles. The fourth-order valence-corrected chi connectivity index (χ4v) is 3.22. The highest BCUT2D eigenvalue weighted by molar-refractivity contribution is 6.42. The third-order valence-electron chi connectivity index (χ3n) is 4.54. The first-order valence-corrected chi connectivity index (χ1v) is 9.67. The maximum absolute atomic E-state index is 12.9. The van der Waals surface area contributed by atoms with Crippen molar-refractivity contribution in [1.29, 1.82) is 0 Å². The summed E-state index contributed by atoms with van der Waals surface area (Å²) in [6.07, 6.45) is 0.285. The molecule has 1 unspecified atom stereocenters. The van der Waals surface area contributed by atoms with E-state index in [0.29, 0.717) is 15.6 Å². The molecule has 0 aliphatic heterocycles. The van der Waals surface area contributed by atoms with Gasteiger partial charge >= 0.3 is 0 Å². The Morgan fingerprint density at radius 2 is 1.64 bits per heavy atom. The molecule has 0 aromatic heterocycles. The lowest BCUT2D eigenvalue weighted by atomic mass is 9.97. The monoisotopic (exact) mass is 413 g/mol. The Bertz CT molecular complexity index is 953. The first-order chi connectivity index (χ1) is 13.5. The summed E-state index contributed by atoms with van der Waals surface area (Å²) in [6.45, 7) is 2.00. The summed E-state index contributed by atoms with van der Waals surface area (Å²) in [4.78, 5) is 12.9. The number of carbonyl (C=O) groups is 1. The number of nitrogens with one attached hydrogen (secondary N) is 1. The average molecular weight is 414 g/mol. The van der Waals surface area contributed by atoms with Crippen molar-refractivity contribution in [3.8, 4) is 5.75 Å². The summed E-state index contributed by atoms with van der Waals surface area (Å²) >= 11 is 12.3. The number of halogens is 2. The standard InChI is InChI=1S/C23H21Cl2NO2/c1-15-3-5-16(6-4-15)23(27)14-22(17-7-12-20(24)21(25)13-17)26-18-8-10-19(28-2)11-9-18/h3-13,22,26H,14H2,1-2H3. The maximum Gasteiger partial charge on any atom is 0.165 e. The lowest BCUT2D eigenvalue weighted by molar-refractivity contribution is 0.0976. The normalized spacial score (nSPS) is 11.7. The highest BCUT2D eigenvalue weighted by Gasteiger charge is 2.18. The van der Waals surface area contributed by atoms with E-state index in [1.54, 1.807) is 19.2 Å². The van der Waals surface area contributed by atoms with Crippen LogP contribution >= 0.6 is 23.2 Å². The first kappa shape index (κ1) is 20.2. The molecular weight excluding hydrogens is 393 g/mol. The largest absolute Gasteiger partial charge is 0.497 e. The molecule has 144 valence electrons. The smallest absolute Gasteiger partial charge is 0.165 e. The Labute approximate surface area is 175 Å². The number of aryl methyl sites for hydroxylation is 1. The van der Waals surface area contributed by atoms with E-state index >= 15 is 0 Å². The molecule has 0 heterocycles. The number of ether oxygens (including phenoxy) is 1. The molecule has 0 aliphatic rings. The highest BCUT2D eigenvalue weighted by atomic mass is 35.5. The van der Waals surface area contributed by atoms with Crippen LogP contribution in [0.3, 0.4) is 0 Å². The molecule has 0 fully saturated rings. The predicted octanol–water partition coefficient (Wildman–Crippen LogP) is 6.74. The Morgan fingerprint density at radius 1 is 0.964 bits per heavy atom. The molecule has 0 spiro atoms. The van der Waals surface area contributed by atoms with E-state index in [1.807, 2.05) is 61.5 Å². The molecule has 1 atom stereocenters. The minimum atomic E-state index is -0.253. The average Bonchev–Trinajstić information content (AvgIpc) is 2.70.